The second-order valence-electron chi connectivity index (χ2n) is 6.03. The first kappa shape index (κ1) is 16.0. The SMILES string of the molecule is Nc1ccc(-c2ccc(F)cc2)nc1NCc1ccc2ncccc2c1. The van der Waals surface area contributed by atoms with Crippen LogP contribution in [0.2, 0.25) is 0 Å². The third-order valence-electron chi connectivity index (χ3n) is 4.19. The number of nitrogen functional groups attached to an aromatic ring is 1. The first-order valence-electron chi connectivity index (χ1n) is 8.29. The largest absolute Gasteiger partial charge is 0.396 e. The number of benzene rings is 2. The molecule has 5 heteroatoms. The van der Waals surface area contributed by atoms with E-state index in [4.69, 9.17) is 5.73 Å². The minimum atomic E-state index is -0.270. The molecular weight excluding hydrogens is 327 g/mol. The summed E-state index contributed by atoms with van der Waals surface area (Å²) in [4.78, 5) is 8.91. The molecule has 26 heavy (non-hydrogen) atoms. The summed E-state index contributed by atoms with van der Waals surface area (Å²) in [6.45, 7) is 0.592. The van der Waals surface area contributed by atoms with Crippen molar-refractivity contribution in [1.82, 2.24) is 9.97 Å². The summed E-state index contributed by atoms with van der Waals surface area (Å²) in [5, 5.41) is 4.38. The van der Waals surface area contributed by atoms with E-state index < -0.39 is 0 Å². The van der Waals surface area contributed by atoms with Crippen molar-refractivity contribution in [3.63, 3.8) is 0 Å². The summed E-state index contributed by atoms with van der Waals surface area (Å²) in [6, 6.07) is 20.0. The van der Waals surface area contributed by atoms with Crippen molar-refractivity contribution in [2.24, 2.45) is 0 Å². The fourth-order valence-electron chi connectivity index (χ4n) is 2.81. The van der Waals surface area contributed by atoms with Crippen LogP contribution in [0.3, 0.4) is 0 Å². The zero-order valence-electron chi connectivity index (χ0n) is 14.0. The van der Waals surface area contributed by atoms with E-state index in [-0.39, 0.29) is 5.82 Å². The molecule has 0 radical (unpaired) electrons. The molecule has 0 unspecified atom stereocenters. The van der Waals surface area contributed by atoms with Gasteiger partial charge in [-0.3, -0.25) is 4.98 Å². The number of nitrogens with two attached hydrogens (primary N) is 1. The first-order chi connectivity index (χ1) is 12.7. The van der Waals surface area contributed by atoms with Gasteiger partial charge in [0.05, 0.1) is 16.9 Å². The number of rotatable bonds is 4. The van der Waals surface area contributed by atoms with E-state index in [1.807, 2.05) is 30.3 Å². The van der Waals surface area contributed by atoms with E-state index in [2.05, 4.69) is 21.4 Å². The molecule has 0 saturated carbocycles. The maximum absolute atomic E-state index is 13.1. The van der Waals surface area contributed by atoms with Gasteiger partial charge in [-0.25, -0.2) is 9.37 Å². The zero-order valence-corrected chi connectivity index (χ0v) is 14.0. The van der Waals surface area contributed by atoms with Crippen LogP contribution in [-0.2, 0) is 6.54 Å². The van der Waals surface area contributed by atoms with Crippen LogP contribution in [0.15, 0.2) is 72.9 Å². The van der Waals surface area contributed by atoms with Crippen LogP contribution in [0.5, 0.6) is 0 Å². The molecule has 0 aliphatic rings. The minimum absolute atomic E-state index is 0.270. The lowest BCUT2D eigenvalue weighted by atomic mass is 10.1. The summed E-state index contributed by atoms with van der Waals surface area (Å²) in [6.07, 6.45) is 1.78. The number of hydrogen-bond donors (Lipinski definition) is 2. The molecule has 0 atom stereocenters. The molecule has 2 heterocycles. The van der Waals surface area contributed by atoms with Crippen LogP contribution < -0.4 is 11.1 Å². The third-order valence-corrected chi connectivity index (χ3v) is 4.19. The second-order valence-corrected chi connectivity index (χ2v) is 6.03. The van der Waals surface area contributed by atoms with Crippen molar-refractivity contribution < 1.29 is 4.39 Å². The highest BCUT2D eigenvalue weighted by molar-refractivity contribution is 5.79. The molecule has 0 amide bonds. The quantitative estimate of drug-likeness (QED) is 0.566. The maximum atomic E-state index is 13.1. The van der Waals surface area contributed by atoms with Crippen LogP contribution in [0.1, 0.15) is 5.56 Å². The lowest BCUT2D eigenvalue weighted by Crippen LogP contribution is -2.05. The molecule has 0 aliphatic heterocycles. The average Bonchev–Trinajstić information content (AvgIpc) is 2.68. The number of pyridine rings is 2. The number of halogens is 1. The van der Waals surface area contributed by atoms with Crippen LogP contribution in [0, 0.1) is 5.82 Å². The Kier molecular flexibility index (Phi) is 4.19. The van der Waals surface area contributed by atoms with Gasteiger partial charge in [0.15, 0.2) is 0 Å². The summed E-state index contributed by atoms with van der Waals surface area (Å²) in [5.74, 6) is 0.339. The highest BCUT2D eigenvalue weighted by Gasteiger charge is 2.06. The second kappa shape index (κ2) is 6.80. The van der Waals surface area contributed by atoms with Crippen molar-refractivity contribution in [2.75, 3.05) is 11.1 Å². The molecule has 4 nitrogen and oxygen atoms in total. The number of anilines is 2. The highest BCUT2D eigenvalue weighted by atomic mass is 19.1. The Balaban J connectivity index is 1.57. The number of nitrogens with zero attached hydrogens (tertiary/aromatic N) is 2. The lowest BCUT2D eigenvalue weighted by molar-refractivity contribution is 0.628. The van der Waals surface area contributed by atoms with Gasteiger partial charge in [-0.15, -0.1) is 0 Å². The number of hydrogen-bond acceptors (Lipinski definition) is 4. The summed E-state index contributed by atoms with van der Waals surface area (Å²) in [5.41, 5.74) is 10.3. The van der Waals surface area contributed by atoms with Crippen LogP contribution in [-0.4, -0.2) is 9.97 Å². The van der Waals surface area contributed by atoms with Gasteiger partial charge in [-0.05, 0) is 60.2 Å². The molecule has 0 aliphatic carbocycles. The average molecular weight is 344 g/mol. The maximum Gasteiger partial charge on any atom is 0.150 e. The highest BCUT2D eigenvalue weighted by Crippen LogP contribution is 2.24. The summed E-state index contributed by atoms with van der Waals surface area (Å²) in [7, 11) is 0. The predicted octanol–water partition coefficient (Wildman–Crippen LogP) is 4.63. The van der Waals surface area contributed by atoms with E-state index in [9.17, 15) is 4.39 Å². The van der Waals surface area contributed by atoms with Crippen LogP contribution in [0.25, 0.3) is 22.2 Å². The summed E-state index contributed by atoms with van der Waals surface area (Å²) >= 11 is 0. The molecule has 0 saturated heterocycles. The Hall–Kier alpha value is -3.47. The van der Waals surface area contributed by atoms with Gasteiger partial charge in [-0.1, -0.05) is 12.1 Å². The molecule has 128 valence electrons. The van der Waals surface area contributed by atoms with Gasteiger partial charge >= 0.3 is 0 Å². The van der Waals surface area contributed by atoms with Crippen molar-refractivity contribution in [1.29, 1.82) is 0 Å². The molecule has 4 rings (SSSR count). The van der Waals surface area contributed by atoms with Crippen LogP contribution in [0.4, 0.5) is 15.9 Å². The first-order valence-corrected chi connectivity index (χ1v) is 8.29. The van der Waals surface area contributed by atoms with Gasteiger partial charge < -0.3 is 11.1 Å². The number of nitrogens with one attached hydrogen (secondary N) is 1. The Morgan fingerprint density at radius 3 is 2.65 bits per heavy atom. The topological polar surface area (TPSA) is 63.8 Å². The zero-order chi connectivity index (χ0) is 17.9. The lowest BCUT2D eigenvalue weighted by Gasteiger charge is -2.11. The van der Waals surface area contributed by atoms with Crippen molar-refractivity contribution >= 4 is 22.4 Å². The minimum Gasteiger partial charge on any atom is -0.396 e. The molecule has 2 aromatic carbocycles. The van der Waals surface area contributed by atoms with E-state index in [1.54, 1.807) is 24.4 Å². The van der Waals surface area contributed by atoms with E-state index in [0.717, 1.165) is 27.7 Å². The normalized spacial score (nSPS) is 10.8. The molecule has 0 fully saturated rings. The van der Waals surface area contributed by atoms with E-state index >= 15 is 0 Å². The third kappa shape index (κ3) is 3.32. The van der Waals surface area contributed by atoms with Crippen molar-refractivity contribution in [2.45, 2.75) is 6.54 Å². The molecular formula is C21H17FN4. The Labute approximate surface area is 150 Å². The van der Waals surface area contributed by atoms with Crippen LogP contribution >= 0.6 is 0 Å². The molecule has 0 bridgehead atoms. The monoisotopic (exact) mass is 344 g/mol. The molecule has 3 N–H and O–H groups in total. The fourth-order valence-corrected chi connectivity index (χ4v) is 2.81. The van der Waals surface area contributed by atoms with Crippen molar-refractivity contribution in [3.8, 4) is 11.3 Å². The fraction of sp³-hybridized carbons (Fsp3) is 0.0476. The molecule has 0 spiro atoms. The predicted molar refractivity (Wildman–Crippen MR) is 103 cm³/mol. The smallest absolute Gasteiger partial charge is 0.150 e. The Morgan fingerprint density at radius 1 is 0.962 bits per heavy atom. The molecule has 2 aromatic heterocycles. The van der Waals surface area contributed by atoms with E-state index in [0.29, 0.717) is 18.1 Å². The van der Waals surface area contributed by atoms with Gasteiger partial charge in [0.1, 0.15) is 11.6 Å². The van der Waals surface area contributed by atoms with Gasteiger partial charge in [-0.2, -0.15) is 0 Å². The number of fused-ring (bicyclic) bond motifs is 1. The number of aromatic nitrogens is 2. The van der Waals surface area contributed by atoms with Gasteiger partial charge in [0.2, 0.25) is 0 Å². The van der Waals surface area contributed by atoms with E-state index in [1.165, 1.54) is 12.1 Å². The van der Waals surface area contributed by atoms with Gasteiger partial charge in [0, 0.05) is 23.7 Å². The summed E-state index contributed by atoms with van der Waals surface area (Å²) < 4.78 is 13.1. The standard InChI is InChI=1S/C21H17FN4/c22-17-6-4-15(5-7-17)20-10-8-18(23)21(26-20)25-13-14-3-9-19-16(12-14)2-1-11-24-19/h1-12H,13,23H2,(H,25,26). The Morgan fingerprint density at radius 2 is 1.81 bits per heavy atom. The Bertz CT molecular complexity index is 1060. The van der Waals surface area contributed by atoms with Crippen molar-refractivity contribution in [3.05, 3.63) is 84.3 Å². The molecule has 4 aromatic rings. The van der Waals surface area contributed by atoms with Gasteiger partial charge in [0.25, 0.3) is 0 Å².